The highest BCUT2D eigenvalue weighted by molar-refractivity contribution is 5.99. The lowest BCUT2D eigenvalue weighted by molar-refractivity contribution is -0.118. The summed E-state index contributed by atoms with van der Waals surface area (Å²) in [5.41, 5.74) is 5.47. The number of anilines is 1. The fourth-order valence-electron chi connectivity index (χ4n) is 3.91. The lowest BCUT2D eigenvalue weighted by atomic mass is 9.97. The number of para-hydroxylation sites is 2. The highest BCUT2D eigenvalue weighted by atomic mass is 16.2. The van der Waals surface area contributed by atoms with Gasteiger partial charge in [0.2, 0.25) is 5.91 Å². The Labute approximate surface area is 166 Å². The molecule has 3 aromatic rings. The van der Waals surface area contributed by atoms with Gasteiger partial charge < -0.3 is 9.88 Å². The van der Waals surface area contributed by atoms with E-state index in [0.717, 1.165) is 42.0 Å². The van der Waals surface area contributed by atoms with Gasteiger partial charge in [-0.3, -0.25) is 9.69 Å². The van der Waals surface area contributed by atoms with Crippen LogP contribution in [0.15, 0.2) is 66.9 Å². The number of unbranched alkanes of at least 4 members (excludes halogenated alkanes) is 1. The Morgan fingerprint density at radius 3 is 2.50 bits per heavy atom. The van der Waals surface area contributed by atoms with Crippen LogP contribution in [0.5, 0.6) is 0 Å². The molecule has 1 amide bonds. The van der Waals surface area contributed by atoms with Gasteiger partial charge in [-0.15, -0.1) is 0 Å². The van der Waals surface area contributed by atoms with E-state index in [4.69, 9.17) is 0 Å². The number of nitrogens with zero attached hydrogens (tertiary/aromatic N) is 2. The molecule has 0 fully saturated rings. The molecule has 0 radical (unpaired) electrons. The average molecular weight is 374 g/mol. The van der Waals surface area contributed by atoms with Gasteiger partial charge in [-0.2, -0.15) is 0 Å². The summed E-state index contributed by atoms with van der Waals surface area (Å²) in [7, 11) is 0. The molecule has 4 heteroatoms. The summed E-state index contributed by atoms with van der Waals surface area (Å²) in [5, 5.41) is 3.32. The molecule has 1 atom stereocenters. The van der Waals surface area contributed by atoms with Crippen molar-refractivity contribution in [1.82, 2.24) is 9.88 Å². The maximum Gasteiger partial charge on any atom is 0.241 e. The number of fused-ring (bicyclic) bond motifs is 3. The normalized spacial score (nSPS) is 15.2. The van der Waals surface area contributed by atoms with E-state index in [1.54, 1.807) is 0 Å². The van der Waals surface area contributed by atoms with Crippen molar-refractivity contribution in [3.8, 4) is 5.69 Å². The van der Waals surface area contributed by atoms with Crippen molar-refractivity contribution in [2.45, 2.75) is 32.7 Å². The van der Waals surface area contributed by atoms with Gasteiger partial charge in [0.15, 0.2) is 0 Å². The van der Waals surface area contributed by atoms with E-state index in [-0.39, 0.29) is 11.9 Å². The second-order valence-electron chi connectivity index (χ2n) is 7.40. The Morgan fingerprint density at radius 2 is 1.75 bits per heavy atom. The molecule has 0 spiro atoms. The molecule has 2 aromatic carbocycles. The van der Waals surface area contributed by atoms with Crippen LogP contribution in [0.25, 0.3) is 5.69 Å². The van der Waals surface area contributed by atoms with E-state index < -0.39 is 0 Å². The molecule has 2 heterocycles. The number of carbonyl (C=O) groups is 1. The van der Waals surface area contributed by atoms with Crippen molar-refractivity contribution in [2.24, 2.45) is 0 Å². The monoisotopic (exact) mass is 373 g/mol. The van der Waals surface area contributed by atoms with Gasteiger partial charge in [-0.1, -0.05) is 55.3 Å². The Morgan fingerprint density at radius 1 is 1.00 bits per heavy atom. The van der Waals surface area contributed by atoms with E-state index in [9.17, 15) is 4.79 Å². The summed E-state index contributed by atoms with van der Waals surface area (Å²) >= 11 is 0. The number of aryl methyl sites for hydroxylation is 1. The molecule has 0 saturated heterocycles. The second kappa shape index (κ2) is 8.03. The minimum atomic E-state index is -0.133. The molecule has 4 nitrogen and oxygen atoms in total. The van der Waals surface area contributed by atoms with E-state index in [1.807, 2.05) is 23.1 Å². The molecule has 0 aliphatic carbocycles. The zero-order valence-corrected chi connectivity index (χ0v) is 16.6. The summed E-state index contributed by atoms with van der Waals surface area (Å²) in [6, 6.07) is 20.7. The van der Waals surface area contributed by atoms with Crippen molar-refractivity contribution < 1.29 is 4.79 Å². The van der Waals surface area contributed by atoms with Gasteiger partial charge in [-0.05, 0) is 49.7 Å². The van der Waals surface area contributed by atoms with E-state index in [0.29, 0.717) is 6.54 Å². The van der Waals surface area contributed by atoms with Crippen LogP contribution in [0.2, 0.25) is 0 Å². The summed E-state index contributed by atoms with van der Waals surface area (Å²) < 4.78 is 2.20. The summed E-state index contributed by atoms with van der Waals surface area (Å²) in [6.07, 6.45) is 4.28. The minimum Gasteiger partial charge on any atom is -0.316 e. The standard InChI is InChI=1S/C24H27N3O/c1-3-4-15-25-17-23(28)27-21-9-6-5-8-20(21)26-16-7-10-22(26)24(27)19-13-11-18(2)12-14-19/h5-14,16,24-25H,3-4,15,17H2,1-2H3. The van der Waals surface area contributed by atoms with Crippen molar-refractivity contribution in [2.75, 3.05) is 18.0 Å². The van der Waals surface area contributed by atoms with Crippen LogP contribution >= 0.6 is 0 Å². The Hall–Kier alpha value is -2.85. The lowest BCUT2D eigenvalue weighted by Gasteiger charge is -2.38. The first-order valence-electron chi connectivity index (χ1n) is 10.1. The highest BCUT2D eigenvalue weighted by Crippen LogP contribution is 2.42. The van der Waals surface area contributed by atoms with Crippen molar-refractivity contribution in [3.05, 3.63) is 83.7 Å². The Balaban J connectivity index is 1.77. The van der Waals surface area contributed by atoms with Gasteiger partial charge in [0.1, 0.15) is 6.04 Å². The largest absolute Gasteiger partial charge is 0.316 e. The van der Waals surface area contributed by atoms with Crippen LogP contribution in [-0.4, -0.2) is 23.6 Å². The summed E-state index contributed by atoms with van der Waals surface area (Å²) in [4.78, 5) is 15.3. The number of rotatable bonds is 6. The number of aromatic nitrogens is 1. The lowest BCUT2D eigenvalue weighted by Crippen LogP contribution is -2.44. The quantitative estimate of drug-likeness (QED) is 0.641. The molecule has 28 heavy (non-hydrogen) atoms. The zero-order chi connectivity index (χ0) is 19.5. The molecule has 1 aromatic heterocycles. The van der Waals surface area contributed by atoms with Crippen LogP contribution in [0, 0.1) is 6.92 Å². The number of amides is 1. The molecule has 0 saturated carbocycles. The molecule has 144 valence electrons. The highest BCUT2D eigenvalue weighted by Gasteiger charge is 2.35. The first kappa shape index (κ1) is 18.5. The zero-order valence-electron chi connectivity index (χ0n) is 16.6. The van der Waals surface area contributed by atoms with Gasteiger partial charge in [0, 0.05) is 6.20 Å². The van der Waals surface area contributed by atoms with Crippen molar-refractivity contribution in [3.63, 3.8) is 0 Å². The number of carbonyl (C=O) groups excluding carboxylic acids is 1. The third-order valence-corrected chi connectivity index (χ3v) is 5.36. The van der Waals surface area contributed by atoms with Crippen LogP contribution in [-0.2, 0) is 4.79 Å². The molecule has 1 aliphatic rings. The van der Waals surface area contributed by atoms with Crippen LogP contribution in [0.3, 0.4) is 0 Å². The minimum absolute atomic E-state index is 0.0987. The van der Waals surface area contributed by atoms with Crippen LogP contribution < -0.4 is 10.2 Å². The summed E-state index contributed by atoms with van der Waals surface area (Å²) in [5.74, 6) is 0.0987. The maximum absolute atomic E-state index is 13.4. The van der Waals surface area contributed by atoms with E-state index >= 15 is 0 Å². The van der Waals surface area contributed by atoms with Crippen molar-refractivity contribution in [1.29, 1.82) is 0 Å². The van der Waals surface area contributed by atoms with Crippen molar-refractivity contribution >= 4 is 11.6 Å². The SMILES string of the molecule is CCCCNCC(=O)N1c2ccccc2-n2cccc2C1c1ccc(C)cc1. The smallest absolute Gasteiger partial charge is 0.241 e. The van der Waals surface area contributed by atoms with E-state index in [2.05, 4.69) is 72.4 Å². The molecule has 0 bridgehead atoms. The first-order valence-corrected chi connectivity index (χ1v) is 10.1. The van der Waals surface area contributed by atoms with Gasteiger partial charge >= 0.3 is 0 Å². The van der Waals surface area contributed by atoms with Gasteiger partial charge in [0.25, 0.3) is 0 Å². The van der Waals surface area contributed by atoms with Gasteiger partial charge in [-0.25, -0.2) is 0 Å². The third kappa shape index (κ3) is 3.36. The first-order chi connectivity index (χ1) is 13.7. The number of nitrogens with one attached hydrogen (secondary N) is 1. The average Bonchev–Trinajstić information content (AvgIpc) is 3.21. The fourth-order valence-corrected chi connectivity index (χ4v) is 3.91. The van der Waals surface area contributed by atoms with Crippen LogP contribution in [0.4, 0.5) is 5.69 Å². The predicted molar refractivity (Wildman–Crippen MR) is 114 cm³/mol. The number of hydrogen-bond donors (Lipinski definition) is 1. The Kier molecular flexibility index (Phi) is 5.31. The van der Waals surface area contributed by atoms with Crippen LogP contribution in [0.1, 0.15) is 42.6 Å². The molecular weight excluding hydrogens is 346 g/mol. The predicted octanol–water partition coefficient (Wildman–Crippen LogP) is 4.61. The second-order valence-corrected chi connectivity index (χ2v) is 7.40. The molecule has 4 rings (SSSR count). The molecule has 1 aliphatic heterocycles. The fraction of sp³-hybridized carbons (Fsp3) is 0.292. The number of hydrogen-bond acceptors (Lipinski definition) is 2. The number of benzene rings is 2. The van der Waals surface area contributed by atoms with Gasteiger partial charge in [0.05, 0.1) is 23.6 Å². The molecule has 1 N–H and O–H groups in total. The summed E-state index contributed by atoms with van der Waals surface area (Å²) in [6.45, 7) is 5.45. The third-order valence-electron chi connectivity index (χ3n) is 5.36. The maximum atomic E-state index is 13.4. The van der Waals surface area contributed by atoms with E-state index in [1.165, 1.54) is 5.56 Å². The molecule has 1 unspecified atom stereocenters. The molecular formula is C24H27N3O. The Bertz CT molecular complexity index is 958. The topological polar surface area (TPSA) is 37.3 Å².